The zero-order valence-corrected chi connectivity index (χ0v) is 19.3. The van der Waals surface area contributed by atoms with E-state index in [1.807, 2.05) is 0 Å². The van der Waals surface area contributed by atoms with Gasteiger partial charge in [-0.05, 0) is 42.0 Å². The highest BCUT2D eigenvalue weighted by molar-refractivity contribution is 5.90. The quantitative estimate of drug-likeness (QED) is 0.310. The molecule has 0 unspecified atom stereocenters. The molecule has 12 heteroatoms. The number of aromatic hydroxyl groups is 1. The van der Waals surface area contributed by atoms with Gasteiger partial charge in [0, 0.05) is 0 Å². The summed E-state index contributed by atoms with van der Waals surface area (Å²) < 4.78 is 89.6. The average molecular weight is 530 g/mol. The number of methoxy groups -OCH3 is 2. The Labute approximate surface area is 207 Å². The van der Waals surface area contributed by atoms with Crippen molar-refractivity contribution in [2.75, 3.05) is 14.2 Å². The van der Waals surface area contributed by atoms with Crippen LogP contribution in [0.25, 0.3) is 0 Å². The highest BCUT2D eigenvalue weighted by Gasteiger charge is 2.35. The first kappa shape index (κ1) is 29.0. The molecule has 0 saturated carbocycles. The lowest BCUT2D eigenvalue weighted by atomic mass is 10.1. The summed E-state index contributed by atoms with van der Waals surface area (Å²) in [6, 6.07) is 14.0. The molecule has 0 bridgehead atoms. The van der Waals surface area contributed by atoms with E-state index in [0.717, 1.165) is 44.0 Å². The third-order valence-corrected chi connectivity index (χ3v) is 4.67. The molecule has 0 spiro atoms. The van der Waals surface area contributed by atoms with Crippen LogP contribution in [0.3, 0.4) is 0 Å². The van der Waals surface area contributed by atoms with Crippen LogP contribution in [0.2, 0.25) is 0 Å². The Morgan fingerprint density at radius 2 is 1.22 bits per heavy atom. The smallest absolute Gasteiger partial charge is 0.419 e. The van der Waals surface area contributed by atoms with Crippen molar-refractivity contribution in [2.24, 2.45) is 0 Å². The molecular weight excluding hydrogens is 510 g/mol. The lowest BCUT2D eigenvalue weighted by Gasteiger charge is -2.15. The molecule has 3 rings (SSSR count). The number of phenolic OH excluding ortho intramolecular Hbond substituents is 1. The Bertz CT molecular complexity index is 1220. The molecule has 0 radical (unpaired) electrons. The molecule has 198 valence electrons. The molecule has 37 heavy (non-hydrogen) atoms. The normalized spacial score (nSPS) is 11.1. The maximum absolute atomic E-state index is 13.0. The minimum Gasteiger partial charge on any atom is -0.507 e. The predicted molar refractivity (Wildman–Crippen MR) is 118 cm³/mol. The van der Waals surface area contributed by atoms with Gasteiger partial charge in [-0.2, -0.15) is 26.3 Å². The maximum atomic E-state index is 13.0. The second kappa shape index (κ2) is 12.2. The van der Waals surface area contributed by atoms with Gasteiger partial charge in [0.2, 0.25) is 0 Å². The number of carbonyl (C=O) groups excluding carboxylic acids is 2. The van der Waals surface area contributed by atoms with Crippen LogP contribution in [0.5, 0.6) is 11.5 Å². The van der Waals surface area contributed by atoms with Crippen molar-refractivity contribution in [3.8, 4) is 11.5 Å². The first-order chi connectivity index (χ1) is 17.3. The van der Waals surface area contributed by atoms with E-state index in [-0.39, 0.29) is 17.7 Å². The summed E-state index contributed by atoms with van der Waals surface area (Å²) in [6.07, 6.45) is -9.21. The van der Waals surface area contributed by atoms with Crippen LogP contribution in [-0.2, 0) is 28.4 Å². The Kier molecular flexibility index (Phi) is 9.53. The van der Waals surface area contributed by atoms with E-state index in [4.69, 9.17) is 9.84 Å². The van der Waals surface area contributed by atoms with Gasteiger partial charge in [0.25, 0.3) is 0 Å². The number of esters is 2. The molecule has 0 atom stereocenters. The summed E-state index contributed by atoms with van der Waals surface area (Å²) in [4.78, 5) is 22.4. The van der Waals surface area contributed by atoms with E-state index in [2.05, 4.69) is 9.47 Å². The van der Waals surface area contributed by atoms with Crippen molar-refractivity contribution >= 4 is 11.9 Å². The molecule has 0 amide bonds. The monoisotopic (exact) mass is 530 g/mol. The van der Waals surface area contributed by atoms with Crippen molar-refractivity contribution in [3.63, 3.8) is 0 Å². The lowest BCUT2D eigenvalue weighted by molar-refractivity contribution is -0.139. The lowest BCUT2D eigenvalue weighted by Crippen LogP contribution is -2.11. The minimum atomic E-state index is -4.64. The summed E-state index contributed by atoms with van der Waals surface area (Å²) in [6.45, 7) is -0.0332. The fourth-order valence-electron chi connectivity index (χ4n) is 2.87. The van der Waals surface area contributed by atoms with Crippen LogP contribution in [0.4, 0.5) is 26.3 Å². The fraction of sp³-hybridized carbons (Fsp3) is 0.200. The van der Waals surface area contributed by atoms with Gasteiger partial charge >= 0.3 is 24.3 Å². The Morgan fingerprint density at radius 1 is 0.730 bits per heavy atom. The van der Waals surface area contributed by atoms with Crippen LogP contribution in [0.15, 0.2) is 66.7 Å². The van der Waals surface area contributed by atoms with E-state index in [9.17, 15) is 35.9 Å². The first-order valence-corrected chi connectivity index (χ1v) is 10.2. The summed E-state index contributed by atoms with van der Waals surface area (Å²) in [5, 5.41) is 9.04. The number of benzene rings is 3. The van der Waals surface area contributed by atoms with Crippen molar-refractivity contribution < 1.29 is 55.2 Å². The highest BCUT2D eigenvalue weighted by atomic mass is 19.4. The van der Waals surface area contributed by atoms with E-state index >= 15 is 0 Å². The SMILES string of the molecule is COC(=O)c1ccc(C(F)(F)F)c(O)c1.COC(=O)c1ccc(C(F)(F)F)c(OCc2ccccc2)c1. The van der Waals surface area contributed by atoms with Crippen LogP contribution in [0, 0.1) is 0 Å². The van der Waals surface area contributed by atoms with Gasteiger partial charge in [-0.25, -0.2) is 9.59 Å². The summed E-state index contributed by atoms with van der Waals surface area (Å²) >= 11 is 0. The predicted octanol–water partition coefficient (Wildman–Crippen LogP) is 6.27. The second-order valence-corrected chi connectivity index (χ2v) is 7.20. The number of halogens is 6. The zero-order valence-electron chi connectivity index (χ0n) is 19.3. The number of hydrogen-bond donors (Lipinski definition) is 1. The van der Waals surface area contributed by atoms with Crippen molar-refractivity contribution in [1.82, 2.24) is 0 Å². The van der Waals surface area contributed by atoms with Gasteiger partial charge < -0.3 is 19.3 Å². The van der Waals surface area contributed by atoms with Gasteiger partial charge in [-0.3, -0.25) is 0 Å². The third-order valence-electron chi connectivity index (χ3n) is 4.67. The van der Waals surface area contributed by atoms with E-state index < -0.39 is 46.9 Å². The minimum absolute atomic E-state index is 0.00133. The largest absolute Gasteiger partial charge is 0.507 e. The van der Waals surface area contributed by atoms with Gasteiger partial charge in [0.05, 0.1) is 36.5 Å². The molecular formula is C25H20F6O6. The average Bonchev–Trinajstić information content (AvgIpc) is 2.85. The number of hydrogen-bond acceptors (Lipinski definition) is 6. The number of carbonyl (C=O) groups is 2. The van der Waals surface area contributed by atoms with Crippen LogP contribution >= 0.6 is 0 Å². The molecule has 0 fully saturated rings. The molecule has 0 aliphatic heterocycles. The van der Waals surface area contributed by atoms with Gasteiger partial charge in [-0.1, -0.05) is 30.3 Å². The van der Waals surface area contributed by atoms with Gasteiger partial charge in [0.15, 0.2) is 0 Å². The van der Waals surface area contributed by atoms with Gasteiger partial charge in [0.1, 0.15) is 18.1 Å². The molecule has 0 saturated heterocycles. The molecule has 3 aromatic rings. The molecule has 6 nitrogen and oxygen atoms in total. The zero-order chi connectivity index (χ0) is 27.8. The molecule has 0 aliphatic carbocycles. The summed E-state index contributed by atoms with van der Waals surface area (Å²) in [5.74, 6) is -2.93. The van der Waals surface area contributed by atoms with Gasteiger partial charge in [-0.15, -0.1) is 0 Å². The van der Waals surface area contributed by atoms with Crippen LogP contribution in [-0.4, -0.2) is 31.3 Å². The molecule has 0 heterocycles. The Balaban J connectivity index is 0.000000281. The van der Waals surface area contributed by atoms with Crippen LogP contribution < -0.4 is 4.74 Å². The number of phenols is 1. The Hall–Kier alpha value is -4.22. The van der Waals surface area contributed by atoms with Crippen molar-refractivity contribution in [3.05, 3.63) is 94.5 Å². The van der Waals surface area contributed by atoms with Crippen molar-refractivity contribution in [2.45, 2.75) is 19.0 Å². The summed E-state index contributed by atoms with van der Waals surface area (Å²) in [5.41, 5.74) is -1.54. The number of rotatable bonds is 5. The van der Waals surface area contributed by atoms with Crippen molar-refractivity contribution in [1.29, 1.82) is 0 Å². The van der Waals surface area contributed by atoms with Crippen LogP contribution in [0.1, 0.15) is 37.4 Å². The highest BCUT2D eigenvalue weighted by Crippen LogP contribution is 2.37. The molecule has 0 aromatic heterocycles. The first-order valence-electron chi connectivity index (χ1n) is 10.2. The number of alkyl halides is 6. The maximum Gasteiger partial charge on any atom is 0.419 e. The van der Waals surface area contributed by atoms with E-state index in [1.54, 1.807) is 30.3 Å². The second-order valence-electron chi connectivity index (χ2n) is 7.20. The Morgan fingerprint density at radius 3 is 1.68 bits per heavy atom. The molecule has 0 aliphatic rings. The fourth-order valence-corrected chi connectivity index (χ4v) is 2.87. The molecule has 3 aromatic carbocycles. The topological polar surface area (TPSA) is 82.1 Å². The third kappa shape index (κ3) is 8.16. The summed E-state index contributed by atoms with van der Waals surface area (Å²) in [7, 11) is 2.25. The van der Waals surface area contributed by atoms with E-state index in [1.165, 1.54) is 0 Å². The standard InChI is InChI=1S/C16H13F3O3.C9H7F3O3/c1-21-15(20)12-7-8-13(16(17,18)19)14(9-12)22-10-11-5-3-2-4-6-11;1-15-8(14)5-2-3-6(7(13)4-5)9(10,11)12/h2-9H,10H2,1H3;2-4,13H,1H3. The van der Waals surface area contributed by atoms with E-state index in [0.29, 0.717) is 12.1 Å². The molecule has 1 N–H and O–H groups in total. The number of ether oxygens (including phenoxy) is 3.